The van der Waals surface area contributed by atoms with Gasteiger partial charge in [-0.05, 0) is 41.4 Å². The third-order valence-electron chi connectivity index (χ3n) is 2.78. The summed E-state index contributed by atoms with van der Waals surface area (Å²) in [4.78, 5) is 18.0. The SMILES string of the molecule is Cc1noc(C)c1C(=O)N(C)Cc1cncc(Br)c1. The Hall–Kier alpha value is -1.69. The van der Waals surface area contributed by atoms with E-state index in [0.717, 1.165) is 10.0 Å². The summed E-state index contributed by atoms with van der Waals surface area (Å²) in [5, 5.41) is 3.80. The van der Waals surface area contributed by atoms with Crippen LogP contribution in [0, 0.1) is 13.8 Å². The fourth-order valence-corrected chi connectivity index (χ4v) is 2.28. The predicted molar refractivity (Wildman–Crippen MR) is 73.7 cm³/mol. The lowest BCUT2D eigenvalue weighted by Crippen LogP contribution is -2.27. The highest BCUT2D eigenvalue weighted by atomic mass is 79.9. The quantitative estimate of drug-likeness (QED) is 0.871. The first-order chi connectivity index (χ1) is 8.99. The van der Waals surface area contributed by atoms with Gasteiger partial charge in [0.2, 0.25) is 0 Å². The number of nitrogens with zero attached hydrogens (tertiary/aromatic N) is 3. The Kier molecular flexibility index (Phi) is 3.99. The molecular formula is C13H14BrN3O2. The normalized spacial score (nSPS) is 10.5. The molecule has 0 aromatic carbocycles. The Morgan fingerprint density at radius 3 is 2.74 bits per heavy atom. The molecule has 2 aromatic heterocycles. The molecule has 0 atom stereocenters. The van der Waals surface area contributed by atoms with Crippen molar-refractivity contribution in [3.05, 3.63) is 45.5 Å². The number of rotatable bonds is 3. The molecule has 0 bridgehead atoms. The van der Waals surface area contributed by atoms with Gasteiger partial charge in [-0.1, -0.05) is 5.16 Å². The molecule has 0 aliphatic carbocycles. The average molecular weight is 324 g/mol. The van der Waals surface area contributed by atoms with Gasteiger partial charge in [0.05, 0.1) is 5.69 Å². The molecule has 0 N–H and O–H groups in total. The molecule has 5 nitrogen and oxygen atoms in total. The van der Waals surface area contributed by atoms with Gasteiger partial charge in [-0.2, -0.15) is 0 Å². The molecule has 0 saturated carbocycles. The van der Waals surface area contributed by atoms with Crippen LogP contribution in [0.1, 0.15) is 27.4 Å². The molecule has 0 saturated heterocycles. The van der Waals surface area contributed by atoms with Crippen LogP contribution in [0.5, 0.6) is 0 Å². The highest BCUT2D eigenvalue weighted by Gasteiger charge is 2.21. The molecule has 0 radical (unpaired) electrons. The van der Waals surface area contributed by atoms with Crippen LogP contribution in [-0.4, -0.2) is 28.0 Å². The fraction of sp³-hybridized carbons (Fsp3) is 0.308. The van der Waals surface area contributed by atoms with Crippen molar-refractivity contribution in [2.24, 2.45) is 0 Å². The van der Waals surface area contributed by atoms with Crippen LogP contribution in [0.15, 0.2) is 27.5 Å². The van der Waals surface area contributed by atoms with Crippen molar-refractivity contribution >= 4 is 21.8 Å². The van der Waals surface area contributed by atoms with Crippen LogP contribution in [0.3, 0.4) is 0 Å². The second-order valence-corrected chi connectivity index (χ2v) is 5.29. The van der Waals surface area contributed by atoms with Gasteiger partial charge in [0.15, 0.2) is 0 Å². The molecule has 2 heterocycles. The van der Waals surface area contributed by atoms with Gasteiger partial charge in [-0.3, -0.25) is 9.78 Å². The maximum atomic E-state index is 12.3. The Labute approximate surface area is 119 Å². The van der Waals surface area contributed by atoms with Gasteiger partial charge in [0, 0.05) is 30.5 Å². The third-order valence-corrected chi connectivity index (χ3v) is 3.21. The highest BCUT2D eigenvalue weighted by Crippen LogP contribution is 2.16. The molecule has 2 aromatic rings. The summed E-state index contributed by atoms with van der Waals surface area (Å²) in [6, 6.07) is 1.93. The lowest BCUT2D eigenvalue weighted by Gasteiger charge is -2.16. The smallest absolute Gasteiger partial charge is 0.259 e. The zero-order valence-corrected chi connectivity index (χ0v) is 12.6. The summed E-state index contributed by atoms with van der Waals surface area (Å²) < 4.78 is 5.91. The van der Waals surface area contributed by atoms with E-state index in [1.807, 2.05) is 6.07 Å². The standard InChI is InChI=1S/C13H14BrN3O2/c1-8-12(9(2)19-16-8)13(18)17(3)7-10-4-11(14)6-15-5-10/h4-6H,7H2,1-3H3. The lowest BCUT2D eigenvalue weighted by atomic mass is 10.1. The number of amides is 1. The second-order valence-electron chi connectivity index (χ2n) is 4.37. The van der Waals surface area contributed by atoms with E-state index in [1.165, 1.54) is 0 Å². The molecule has 100 valence electrons. The van der Waals surface area contributed by atoms with Crippen molar-refractivity contribution in [3.8, 4) is 0 Å². The van der Waals surface area contributed by atoms with Crippen molar-refractivity contribution in [1.29, 1.82) is 0 Å². The molecule has 19 heavy (non-hydrogen) atoms. The molecule has 0 spiro atoms. The Balaban J connectivity index is 2.16. The van der Waals surface area contributed by atoms with E-state index in [0.29, 0.717) is 23.6 Å². The van der Waals surface area contributed by atoms with Crippen LogP contribution in [0.25, 0.3) is 0 Å². The number of aromatic nitrogens is 2. The van der Waals surface area contributed by atoms with E-state index >= 15 is 0 Å². The Bertz CT molecular complexity index is 590. The van der Waals surface area contributed by atoms with Gasteiger partial charge in [-0.15, -0.1) is 0 Å². The van der Waals surface area contributed by atoms with Gasteiger partial charge < -0.3 is 9.42 Å². The fourth-order valence-electron chi connectivity index (χ4n) is 1.87. The lowest BCUT2D eigenvalue weighted by molar-refractivity contribution is 0.0782. The number of hydrogen-bond donors (Lipinski definition) is 0. The summed E-state index contributed by atoms with van der Waals surface area (Å²) >= 11 is 3.36. The predicted octanol–water partition coefficient (Wildman–Crippen LogP) is 2.72. The first kappa shape index (κ1) is 13.7. The van der Waals surface area contributed by atoms with Crippen LogP contribution in [-0.2, 0) is 6.54 Å². The summed E-state index contributed by atoms with van der Waals surface area (Å²) in [6.07, 6.45) is 3.45. The largest absolute Gasteiger partial charge is 0.361 e. The number of hydrogen-bond acceptors (Lipinski definition) is 4. The zero-order chi connectivity index (χ0) is 14.0. The van der Waals surface area contributed by atoms with E-state index in [2.05, 4.69) is 26.1 Å². The van der Waals surface area contributed by atoms with Gasteiger partial charge in [0.1, 0.15) is 11.3 Å². The van der Waals surface area contributed by atoms with Gasteiger partial charge in [0.25, 0.3) is 5.91 Å². The van der Waals surface area contributed by atoms with Gasteiger partial charge >= 0.3 is 0 Å². The molecule has 1 amide bonds. The Morgan fingerprint density at radius 2 is 2.16 bits per heavy atom. The van der Waals surface area contributed by atoms with E-state index < -0.39 is 0 Å². The van der Waals surface area contributed by atoms with E-state index in [4.69, 9.17) is 4.52 Å². The maximum Gasteiger partial charge on any atom is 0.259 e. The monoisotopic (exact) mass is 323 g/mol. The summed E-state index contributed by atoms with van der Waals surface area (Å²) in [5.41, 5.74) is 2.10. The minimum atomic E-state index is -0.101. The molecule has 0 unspecified atom stereocenters. The van der Waals surface area contributed by atoms with Crippen LogP contribution in [0.4, 0.5) is 0 Å². The van der Waals surface area contributed by atoms with E-state index in [1.54, 1.807) is 38.2 Å². The molecule has 0 aliphatic heterocycles. The van der Waals surface area contributed by atoms with Crippen molar-refractivity contribution in [3.63, 3.8) is 0 Å². The zero-order valence-electron chi connectivity index (χ0n) is 11.0. The maximum absolute atomic E-state index is 12.3. The number of pyridine rings is 1. The summed E-state index contributed by atoms with van der Waals surface area (Å²) in [7, 11) is 1.75. The molecule has 0 fully saturated rings. The van der Waals surface area contributed by atoms with Crippen LogP contribution < -0.4 is 0 Å². The topological polar surface area (TPSA) is 59.2 Å². The summed E-state index contributed by atoms with van der Waals surface area (Å²) in [5.74, 6) is 0.443. The Morgan fingerprint density at radius 1 is 1.42 bits per heavy atom. The average Bonchev–Trinajstić information content (AvgIpc) is 2.68. The van der Waals surface area contributed by atoms with Crippen molar-refractivity contribution < 1.29 is 9.32 Å². The van der Waals surface area contributed by atoms with Gasteiger partial charge in [-0.25, -0.2) is 0 Å². The number of halogens is 1. The van der Waals surface area contributed by atoms with Crippen molar-refractivity contribution in [2.45, 2.75) is 20.4 Å². The number of aryl methyl sites for hydroxylation is 2. The summed E-state index contributed by atoms with van der Waals surface area (Å²) in [6.45, 7) is 3.98. The van der Waals surface area contributed by atoms with Crippen molar-refractivity contribution in [1.82, 2.24) is 15.0 Å². The second kappa shape index (κ2) is 5.52. The van der Waals surface area contributed by atoms with Crippen LogP contribution in [0.2, 0.25) is 0 Å². The first-order valence-corrected chi connectivity index (χ1v) is 6.56. The van der Waals surface area contributed by atoms with Crippen LogP contribution >= 0.6 is 15.9 Å². The minimum absolute atomic E-state index is 0.101. The first-order valence-electron chi connectivity index (χ1n) is 5.77. The van der Waals surface area contributed by atoms with E-state index in [9.17, 15) is 4.79 Å². The molecule has 0 aliphatic rings. The number of carbonyl (C=O) groups is 1. The molecule has 2 rings (SSSR count). The van der Waals surface area contributed by atoms with Crippen molar-refractivity contribution in [2.75, 3.05) is 7.05 Å². The third kappa shape index (κ3) is 3.01. The molecular weight excluding hydrogens is 310 g/mol. The minimum Gasteiger partial charge on any atom is -0.361 e. The van der Waals surface area contributed by atoms with E-state index in [-0.39, 0.29) is 5.91 Å². The highest BCUT2D eigenvalue weighted by molar-refractivity contribution is 9.10. The number of carbonyl (C=O) groups excluding carboxylic acids is 1. The molecule has 6 heteroatoms.